The average molecular weight is 352 g/mol. The maximum absolute atomic E-state index is 10.3. The molecule has 3 unspecified atom stereocenters. The number of hydrogen-bond donors (Lipinski definition) is 4. The second kappa shape index (κ2) is 15.8. The van der Waals surface area contributed by atoms with Crippen LogP contribution in [-0.2, 0) is 4.79 Å². The van der Waals surface area contributed by atoms with Crippen LogP contribution in [0.5, 0.6) is 0 Å². The zero-order valence-corrected chi connectivity index (χ0v) is 15.0. The Morgan fingerprint density at radius 2 is 1.64 bits per heavy atom. The number of carboxylic acids is 1. The molecule has 5 nitrogen and oxygen atoms in total. The Labute approximate surface area is 150 Å². The molecule has 0 spiro atoms. The number of aliphatic hydroxyl groups excluding tert-OH is 3. The minimum atomic E-state index is -0.764. The monoisotopic (exact) mass is 352 g/mol. The molecule has 0 aromatic heterocycles. The van der Waals surface area contributed by atoms with Crippen LogP contribution in [0.4, 0.5) is 0 Å². The molecule has 0 rings (SSSR count). The molecule has 0 bridgehead atoms. The van der Waals surface area contributed by atoms with Crippen LogP contribution < -0.4 is 0 Å². The van der Waals surface area contributed by atoms with E-state index in [-0.39, 0.29) is 6.42 Å². The average Bonchev–Trinajstić information content (AvgIpc) is 2.58. The van der Waals surface area contributed by atoms with Crippen molar-refractivity contribution in [3.8, 4) is 0 Å². The molecule has 0 aliphatic carbocycles. The van der Waals surface area contributed by atoms with Crippen molar-refractivity contribution in [3.63, 3.8) is 0 Å². The third kappa shape index (κ3) is 15.6. The van der Waals surface area contributed by atoms with E-state index in [1.165, 1.54) is 0 Å². The maximum atomic E-state index is 10.3. The van der Waals surface area contributed by atoms with Gasteiger partial charge in [-0.3, -0.25) is 4.79 Å². The Balaban J connectivity index is 3.79. The topological polar surface area (TPSA) is 98.0 Å². The first-order chi connectivity index (χ1) is 12.0. The van der Waals surface area contributed by atoms with E-state index >= 15 is 0 Å². The second-order valence-corrected chi connectivity index (χ2v) is 5.86. The highest BCUT2D eigenvalue weighted by molar-refractivity contribution is 5.66. The molecule has 0 fully saturated rings. The van der Waals surface area contributed by atoms with Gasteiger partial charge < -0.3 is 20.4 Å². The molecule has 0 radical (unpaired) electrons. The van der Waals surface area contributed by atoms with Crippen LogP contribution in [0.3, 0.4) is 0 Å². The molecule has 5 heteroatoms. The van der Waals surface area contributed by atoms with Crippen molar-refractivity contribution in [2.75, 3.05) is 0 Å². The molecule has 0 aromatic carbocycles. The third-order valence-corrected chi connectivity index (χ3v) is 3.56. The lowest BCUT2D eigenvalue weighted by molar-refractivity contribution is -0.137. The predicted octanol–water partition coefficient (Wildman–Crippen LogP) is 3.13. The zero-order valence-electron chi connectivity index (χ0n) is 15.0. The van der Waals surface area contributed by atoms with Gasteiger partial charge in [0.25, 0.3) is 0 Å². The van der Waals surface area contributed by atoms with E-state index < -0.39 is 24.3 Å². The van der Waals surface area contributed by atoms with E-state index in [1.54, 1.807) is 24.3 Å². The first kappa shape index (κ1) is 23.3. The Morgan fingerprint density at radius 1 is 0.920 bits per heavy atom. The van der Waals surface area contributed by atoms with Gasteiger partial charge in [-0.2, -0.15) is 0 Å². The molecule has 142 valence electrons. The minimum absolute atomic E-state index is 0.200. The van der Waals surface area contributed by atoms with Crippen LogP contribution in [0.15, 0.2) is 48.6 Å². The standard InChI is InChI=1S/C20H32O5/c1-2-18(22)19(23)15-11-8-10-14-17(21)13-9-6-4-3-5-7-12-16-20(24)25/h3,5-6,8-11,14,17-19,21-23H,2,4,7,12-13,15-16H2,1H3,(H,24,25)/b5-3-,9-6-,11-8-,14-10+. The van der Waals surface area contributed by atoms with Gasteiger partial charge in [0.2, 0.25) is 0 Å². The summed E-state index contributed by atoms with van der Waals surface area (Å²) in [5.74, 6) is -0.764. The summed E-state index contributed by atoms with van der Waals surface area (Å²) < 4.78 is 0. The number of hydrogen-bond acceptors (Lipinski definition) is 4. The van der Waals surface area contributed by atoms with Crippen molar-refractivity contribution < 1.29 is 25.2 Å². The van der Waals surface area contributed by atoms with Crippen LogP contribution in [0.25, 0.3) is 0 Å². The molecule has 0 aromatic rings. The maximum Gasteiger partial charge on any atom is 0.303 e. The van der Waals surface area contributed by atoms with E-state index in [1.807, 2.05) is 31.2 Å². The van der Waals surface area contributed by atoms with Crippen LogP contribution in [-0.4, -0.2) is 44.7 Å². The molecule has 3 atom stereocenters. The van der Waals surface area contributed by atoms with Crippen molar-refractivity contribution >= 4 is 5.97 Å². The van der Waals surface area contributed by atoms with Gasteiger partial charge in [-0.25, -0.2) is 0 Å². The van der Waals surface area contributed by atoms with E-state index in [4.69, 9.17) is 5.11 Å². The van der Waals surface area contributed by atoms with Gasteiger partial charge in [0, 0.05) is 6.42 Å². The van der Waals surface area contributed by atoms with Gasteiger partial charge >= 0.3 is 5.97 Å². The van der Waals surface area contributed by atoms with Crippen LogP contribution in [0.1, 0.15) is 51.9 Å². The molecular weight excluding hydrogens is 320 g/mol. The number of carboxylic acid groups (broad SMARTS) is 1. The predicted molar refractivity (Wildman–Crippen MR) is 100 cm³/mol. The molecule has 0 saturated carbocycles. The summed E-state index contributed by atoms with van der Waals surface area (Å²) in [5.41, 5.74) is 0. The molecule has 0 heterocycles. The summed E-state index contributed by atoms with van der Waals surface area (Å²) >= 11 is 0. The highest BCUT2D eigenvalue weighted by Crippen LogP contribution is 2.04. The Morgan fingerprint density at radius 3 is 2.32 bits per heavy atom. The lowest BCUT2D eigenvalue weighted by Crippen LogP contribution is -2.23. The normalized spacial score (nSPS) is 16.3. The highest BCUT2D eigenvalue weighted by atomic mass is 16.4. The van der Waals surface area contributed by atoms with E-state index in [2.05, 4.69) is 0 Å². The number of unbranched alkanes of at least 4 members (excludes halogenated alkanes) is 1. The fourth-order valence-electron chi connectivity index (χ4n) is 1.99. The van der Waals surface area contributed by atoms with Crippen molar-refractivity contribution in [2.45, 2.75) is 70.2 Å². The van der Waals surface area contributed by atoms with E-state index in [0.717, 1.165) is 12.8 Å². The van der Waals surface area contributed by atoms with Crippen LogP contribution in [0.2, 0.25) is 0 Å². The van der Waals surface area contributed by atoms with Crippen LogP contribution >= 0.6 is 0 Å². The first-order valence-corrected chi connectivity index (χ1v) is 8.86. The quantitative estimate of drug-likeness (QED) is 0.219. The summed E-state index contributed by atoms with van der Waals surface area (Å²) in [5, 5.41) is 37.3. The summed E-state index contributed by atoms with van der Waals surface area (Å²) in [6, 6.07) is 0. The molecule has 0 saturated heterocycles. The van der Waals surface area contributed by atoms with E-state index in [0.29, 0.717) is 25.7 Å². The van der Waals surface area contributed by atoms with Gasteiger partial charge in [0.1, 0.15) is 0 Å². The summed E-state index contributed by atoms with van der Waals surface area (Å²) in [6.07, 6.45) is 16.5. The Bertz CT molecular complexity index is 451. The highest BCUT2D eigenvalue weighted by Gasteiger charge is 2.11. The second-order valence-electron chi connectivity index (χ2n) is 5.86. The van der Waals surface area contributed by atoms with Gasteiger partial charge in [-0.15, -0.1) is 0 Å². The molecule has 4 N–H and O–H groups in total. The molecular formula is C20H32O5. The molecule has 0 aliphatic heterocycles. The summed E-state index contributed by atoms with van der Waals surface area (Å²) in [4.78, 5) is 10.3. The number of aliphatic carboxylic acids is 1. The zero-order chi connectivity index (χ0) is 18.9. The number of carbonyl (C=O) groups is 1. The Hall–Kier alpha value is -1.69. The molecule has 25 heavy (non-hydrogen) atoms. The Kier molecular flexibility index (Phi) is 14.7. The van der Waals surface area contributed by atoms with Gasteiger partial charge in [0.05, 0.1) is 18.3 Å². The van der Waals surface area contributed by atoms with Gasteiger partial charge in [-0.05, 0) is 38.5 Å². The minimum Gasteiger partial charge on any atom is -0.481 e. The SMILES string of the molecule is CCC(O)C(O)C/C=C\C=C\C(O)C/C=C\C/C=C\CCCC(=O)O. The van der Waals surface area contributed by atoms with Crippen molar-refractivity contribution in [2.24, 2.45) is 0 Å². The van der Waals surface area contributed by atoms with Gasteiger partial charge in [-0.1, -0.05) is 55.5 Å². The number of allylic oxidation sites excluding steroid dienone is 5. The van der Waals surface area contributed by atoms with Crippen molar-refractivity contribution in [3.05, 3.63) is 48.6 Å². The summed E-state index contributed by atoms with van der Waals surface area (Å²) in [7, 11) is 0. The van der Waals surface area contributed by atoms with Crippen molar-refractivity contribution in [1.29, 1.82) is 0 Å². The van der Waals surface area contributed by atoms with E-state index in [9.17, 15) is 20.1 Å². The fourth-order valence-corrected chi connectivity index (χ4v) is 1.99. The van der Waals surface area contributed by atoms with Gasteiger partial charge in [0.15, 0.2) is 0 Å². The molecule has 0 aliphatic rings. The van der Waals surface area contributed by atoms with Crippen LogP contribution in [0, 0.1) is 0 Å². The molecule has 0 amide bonds. The fraction of sp³-hybridized carbons (Fsp3) is 0.550. The largest absolute Gasteiger partial charge is 0.481 e. The lowest BCUT2D eigenvalue weighted by Gasteiger charge is -2.13. The smallest absolute Gasteiger partial charge is 0.303 e. The summed E-state index contributed by atoms with van der Waals surface area (Å²) in [6.45, 7) is 1.82. The third-order valence-electron chi connectivity index (χ3n) is 3.56. The number of aliphatic hydroxyl groups is 3. The van der Waals surface area contributed by atoms with Crippen molar-refractivity contribution in [1.82, 2.24) is 0 Å². The lowest BCUT2D eigenvalue weighted by atomic mass is 10.1. The number of rotatable bonds is 14. The first-order valence-electron chi connectivity index (χ1n) is 8.86.